The van der Waals surface area contributed by atoms with Gasteiger partial charge in [-0.2, -0.15) is 0 Å². The normalized spacial score (nSPS) is 17.5. The fourth-order valence-corrected chi connectivity index (χ4v) is 6.20. The molecule has 0 radical (unpaired) electrons. The molecule has 2 aromatic carbocycles. The first-order valence-electron chi connectivity index (χ1n) is 19.0. The number of nitrogens with zero attached hydrogens (tertiary/aromatic N) is 5. The Labute approximate surface area is 324 Å². The van der Waals surface area contributed by atoms with Crippen LogP contribution in [0.25, 0.3) is 6.08 Å². The van der Waals surface area contributed by atoms with Crippen molar-refractivity contribution in [2.24, 2.45) is 5.41 Å². The lowest BCUT2D eigenvalue weighted by atomic mass is 9.87. The maximum Gasteiger partial charge on any atom is 0.250 e. The molecule has 12 nitrogen and oxygen atoms in total. The van der Waals surface area contributed by atoms with Crippen LogP contribution >= 0.6 is 0 Å². The molecule has 0 bridgehead atoms. The number of phenolic OH excluding ortho intramolecular Hbond substituents is 1. The molecule has 55 heavy (non-hydrogen) atoms. The van der Waals surface area contributed by atoms with Crippen molar-refractivity contribution in [1.82, 2.24) is 24.8 Å². The number of amides is 1. The van der Waals surface area contributed by atoms with Crippen molar-refractivity contribution in [3.8, 4) is 23.0 Å². The van der Waals surface area contributed by atoms with Crippen molar-refractivity contribution < 1.29 is 33.6 Å². The highest BCUT2D eigenvalue weighted by Crippen LogP contribution is 2.30. The van der Waals surface area contributed by atoms with Crippen LogP contribution in [0.1, 0.15) is 75.0 Å². The van der Waals surface area contributed by atoms with E-state index in [0.29, 0.717) is 42.6 Å². The summed E-state index contributed by atoms with van der Waals surface area (Å²) in [6, 6.07) is 10.1. The number of aromatic nitrogens is 3. The van der Waals surface area contributed by atoms with Gasteiger partial charge in [0.1, 0.15) is 23.8 Å². The maximum atomic E-state index is 13.3. The molecule has 1 amide bonds. The summed E-state index contributed by atoms with van der Waals surface area (Å²) in [4.78, 5) is 30.4. The van der Waals surface area contributed by atoms with Crippen LogP contribution in [0.5, 0.6) is 23.0 Å². The van der Waals surface area contributed by atoms with E-state index in [1.807, 2.05) is 31.2 Å². The molecule has 2 aliphatic heterocycles. The molecule has 0 spiro atoms. The number of phenols is 1. The Morgan fingerprint density at radius 1 is 1.02 bits per heavy atom. The number of aromatic hydroxyl groups is 1. The van der Waals surface area contributed by atoms with E-state index in [1.165, 1.54) is 17.7 Å². The second-order valence-corrected chi connectivity index (χ2v) is 14.6. The second-order valence-electron chi connectivity index (χ2n) is 14.6. The van der Waals surface area contributed by atoms with Crippen molar-refractivity contribution in [1.29, 1.82) is 0 Å². The first-order chi connectivity index (χ1) is 26.5. The molecule has 1 aromatic heterocycles. The Balaban J connectivity index is 1.12. The van der Waals surface area contributed by atoms with E-state index in [0.717, 1.165) is 69.8 Å². The highest BCUT2D eigenvalue weighted by Gasteiger charge is 2.19. The summed E-state index contributed by atoms with van der Waals surface area (Å²) in [6.45, 7) is 14.2. The Hall–Kier alpha value is -5.20. The number of rotatable bonds is 15. The summed E-state index contributed by atoms with van der Waals surface area (Å²) < 4.78 is 24.4. The largest absolute Gasteiger partial charge is 0.507 e. The zero-order valence-electron chi connectivity index (χ0n) is 32.8. The van der Waals surface area contributed by atoms with Crippen LogP contribution < -0.4 is 14.2 Å². The second kappa shape index (κ2) is 19.9. The number of allylic oxidation sites excluding steroid dienone is 6. The van der Waals surface area contributed by atoms with Crippen LogP contribution in [-0.4, -0.2) is 94.8 Å². The summed E-state index contributed by atoms with van der Waals surface area (Å²) in [5.41, 5.74) is 3.67. The number of hydrogen-bond donors (Lipinski definition) is 1. The molecule has 1 fully saturated rings. The molecule has 3 aromatic rings. The summed E-state index contributed by atoms with van der Waals surface area (Å²) in [6.07, 6.45) is 16.5. The van der Waals surface area contributed by atoms with Gasteiger partial charge in [0.15, 0.2) is 17.3 Å². The highest BCUT2D eigenvalue weighted by atomic mass is 16.5. The molecule has 0 saturated carbocycles. The van der Waals surface area contributed by atoms with Crippen molar-refractivity contribution in [3.63, 3.8) is 0 Å². The Morgan fingerprint density at radius 2 is 1.84 bits per heavy atom. The molecule has 0 unspecified atom stereocenters. The quantitative estimate of drug-likeness (QED) is 0.0749. The highest BCUT2D eigenvalue weighted by molar-refractivity contribution is 6.08. The van der Waals surface area contributed by atoms with Gasteiger partial charge in [-0.15, -0.1) is 5.10 Å². The number of hydrogen-bond acceptors (Lipinski definition) is 10. The molecular weight excluding hydrogens is 699 g/mol. The Morgan fingerprint density at radius 3 is 2.62 bits per heavy atom. The molecule has 5 rings (SSSR count). The predicted molar refractivity (Wildman–Crippen MR) is 212 cm³/mol. The summed E-state index contributed by atoms with van der Waals surface area (Å²) >= 11 is 0. The predicted octanol–water partition coefficient (Wildman–Crippen LogP) is 7.01. The van der Waals surface area contributed by atoms with Crippen molar-refractivity contribution in [3.05, 3.63) is 101 Å². The molecule has 3 heterocycles. The van der Waals surface area contributed by atoms with E-state index in [1.54, 1.807) is 47.2 Å². The number of ketones is 1. The number of carbonyl (C=O) groups is 2. The molecule has 12 heteroatoms. The number of carbonyl (C=O) groups excluding carboxylic acids is 2. The van der Waals surface area contributed by atoms with Gasteiger partial charge in [0.2, 0.25) is 0 Å². The molecule has 1 N–H and O–H groups in total. The molecule has 0 atom stereocenters. The van der Waals surface area contributed by atoms with E-state index >= 15 is 0 Å². The third kappa shape index (κ3) is 12.7. The molecule has 1 saturated heterocycles. The standard InChI is InChI=1S/C43H55N5O7/c1-32-8-6-9-33(2)48(42(51)17-19-43(3,4)18-16-32)31-35-30-47(45-44-35)23-27-54-36-12-13-37(39(50)29-36)38(49)14-10-34-11-15-40(52-5)41(28-34)55-24-7-20-46-21-25-53-26-22-46/h9-17,19,28-30,50H,6-8,18,20-27,31H2,1-5H3/b14-10+,19-17+,32-16?,33-9?. The van der Waals surface area contributed by atoms with Crippen LogP contribution in [0.3, 0.4) is 0 Å². The maximum absolute atomic E-state index is 13.3. The van der Waals surface area contributed by atoms with Crippen LogP contribution in [0, 0.1) is 5.41 Å². The van der Waals surface area contributed by atoms with Gasteiger partial charge in [-0.1, -0.05) is 55.0 Å². The van der Waals surface area contributed by atoms with Crippen molar-refractivity contribution in [2.45, 2.75) is 66.5 Å². The average molecular weight is 754 g/mol. The Bertz CT molecular complexity index is 1890. The number of ether oxygens (including phenoxy) is 4. The minimum Gasteiger partial charge on any atom is -0.507 e. The van der Waals surface area contributed by atoms with E-state index in [9.17, 15) is 14.7 Å². The molecule has 0 aliphatic carbocycles. The molecule has 294 valence electrons. The summed E-state index contributed by atoms with van der Waals surface area (Å²) in [5.74, 6) is 1.00. The SMILES string of the molecule is COc1ccc(/C=C/C(=O)c2ccc(OCCn3cc(CN4C(=O)/C=C/C(C)(C)CC=C(C)CCC=C4C)nn3)cc2O)cc1OCCCN1CCOCC1. The van der Waals surface area contributed by atoms with Crippen LogP contribution in [0.4, 0.5) is 0 Å². The molecular formula is C43H55N5O7. The van der Waals surface area contributed by atoms with Gasteiger partial charge in [0.05, 0.1) is 51.8 Å². The zero-order chi connectivity index (χ0) is 39.2. The Kier molecular flexibility index (Phi) is 14.8. The smallest absolute Gasteiger partial charge is 0.250 e. The van der Waals surface area contributed by atoms with E-state index < -0.39 is 0 Å². The van der Waals surface area contributed by atoms with Crippen LogP contribution in [-0.2, 0) is 22.6 Å². The summed E-state index contributed by atoms with van der Waals surface area (Å²) in [7, 11) is 1.60. The number of benzene rings is 2. The van der Waals surface area contributed by atoms with Crippen LogP contribution in [0.15, 0.2) is 84.2 Å². The topological polar surface area (TPSA) is 128 Å². The lowest BCUT2D eigenvalue weighted by Crippen LogP contribution is -2.37. The fraction of sp³-hybridized carbons (Fsp3) is 0.442. The minimum absolute atomic E-state index is 0.0936. The van der Waals surface area contributed by atoms with Gasteiger partial charge in [0.25, 0.3) is 5.91 Å². The third-order valence-corrected chi connectivity index (χ3v) is 9.65. The van der Waals surface area contributed by atoms with Gasteiger partial charge in [-0.05, 0) is 80.9 Å². The van der Waals surface area contributed by atoms with Crippen molar-refractivity contribution >= 4 is 17.8 Å². The monoisotopic (exact) mass is 753 g/mol. The van der Waals surface area contributed by atoms with Gasteiger partial charge in [0, 0.05) is 37.5 Å². The minimum atomic E-state index is -0.352. The first kappa shape index (κ1) is 41.0. The van der Waals surface area contributed by atoms with E-state index in [4.69, 9.17) is 18.9 Å². The lowest BCUT2D eigenvalue weighted by Gasteiger charge is -2.26. The molecule has 2 aliphatic rings. The number of morpholine rings is 1. The average Bonchev–Trinajstić information content (AvgIpc) is 3.63. The lowest BCUT2D eigenvalue weighted by molar-refractivity contribution is -0.124. The van der Waals surface area contributed by atoms with Gasteiger partial charge in [-0.3, -0.25) is 14.5 Å². The third-order valence-electron chi connectivity index (χ3n) is 9.65. The van der Waals surface area contributed by atoms with E-state index in [-0.39, 0.29) is 35.0 Å². The van der Waals surface area contributed by atoms with Crippen molar-refractivity contribution in [2.75, 3.05) is 53.2 Å². The zero-order valence-corrected chi connectivity index (χ0v) is 32.8. The van der Waals surface area contributed by atoms with Crippen LogP contribution in [0.2, 0.25) is 0 Å². The first-order valence-corrected chi connectivity index (χ1v) is 19.0. The van der Waals surface area contributed by atoms with Gasteiger partial charge in [-0.25, -0.2) is 4.68 Å². The fourth-order valence-electron chi connectivity index (χ4n) is 6.20. The summed E-state index contributed by atoms with van der Waals surface area (Å²) in [5, 5.41) is 19.2. The van der Waals surface area contributed by atoms with Gasteiger partial charge < -0.3 is 29.0 Å². The number of methoxy groups -OCH3 is 1. The van der Waals surface area contributed by atoms with Gasteiger partial charge >= 0.3 is 0 Å². The van der Waals surface area contributed by atoms with E-state index in [2.05, 4.69) is 48.1 Å².